The second kappa shape index (κ2) is 106. The third kappa shape index (κ3) is 145. The molecule has 14 N–H and O–H groups in total. The quantitative estimate of drug-likeness (QED) is 0.0252. The van der Waals surface area contributed by atoms with Crippen LogP contribution in [0.25, 0.3) is 0 Å². The lowest BCUT2D eigenvalue weighted by Gasteiger charge is -2.03. The van der Waals surface area contributed by atoms with Gasteiger partial charge < -0.3 is 71.5 Å². The van der Waals surface area contributed by atoms with Gasteiger partial charge in [0.1, 0.15) is 18.3 Å². The van der Waals surface area contributed by atoms with Crippen molar-refractivity contribution in [2.24, 2.45) is 0 Å². The number of carboxylic acid groups (broad SMARTS) is 5. The summed E-state index contributed by atoms with van der Waals surface area (Å²) in [5.41, 5.74) is 0. The standard InChI is InChI=1S/3C18H36O2.C12H24O2.3C3H8O3.C3H6O2/c3*1-2-3-4-5-6-7-8-9-10-11-12-13-14-15-16-17-18(19)20;1-2-3-4-5-6-7-8-9-10-11-12(13)14;3*4-1-3(6)2-5;1-2-3(4)5/h3*2-17H2,1H3,(H,19,20);2-11H2,1H3,(H,13,14);3*3-6H,1-2H2;2H2,1H3,(H,4,5). The van der Waals surface area contributed by atoms with E-state index in [2.05, 4.69) is 27.7 Å². The molecule has 0 amide bonds. The van der Waals surface area contributed by atoms with E-state index in [1.165, 1.54) is 295 Å². The van der Waals surface area contributed by atoms with Crippen LogP contribution in [-0.2, 0) is 24.0 Å². The number of aliphatic carboxylic acids is 5. The highest BCUT2D eigenvalue weighted by Gasteiger charge is 2.02. The zero-order valence-corrected chi connectivity index (χ0v) is 63.5. The molecule has 0 aromatic heterocycles. The summed E-state index contributed by atoms with van der Waals surface area (Å²) in [6, 6.07) is 0. The van der Waals surface area contributed by atoms with Gasteiger partial charge in [-0.3, -0.25) is 24.0 Å². The number of carboxylic acids is 5. The molecule has 0 aliphatic carbocycles. The molecule has 0 aromatic carbocycles. The predicted molar refractivity (Wildman–Crippen MR) is 399 cm³/mol. The van der Waals surface area contributed by atoms with Gasteiger partial charge in [0, 0.05) is 32.1 Å². The highest BCUT2D eigenvalue weighted by atomic mass is 16.4. The minimum atomic E-state index is -0.954. The monoisotopic (exact) mass is 1400 g/mol. The summed E-state index contributed by atoms with van der Waals surface area (Å²) in [5.74, 6) is -3.36. The van der Waals surface area contributed by atoms with E-state index in [1.54, 1.807) is 6.92 Å². The molecule has 19 nitrogen and oxygen atoms in total. The number of carbonyl (C=O) groups is 5. The summed E-state index contributed by atoms with van der Waals surface area (Å²) >= 11 is 0. The van der Waals surface area contributed by atoms with E-state index >= 15 is 0 Å². The molecule has 97 heavy (non-hydrogen) atoms. The van der Waals surface area contributed by atoms with Gasteiger partial charge in [0.15, 0.2) is 0 Å². The fourth-order valence-electron chi connectivity index (χ4n) is 9.70. The molecule has 588 valence electrons. The molecular formula is C78H162O19. The molecule has 0 fully saturated rings. The zero-order valence-electron chi connectivity index (χ0n) is 63.5. The maximum absolute atomic E-state index is 10.3. The van der Waals surface area contributed by atoms with Gasteiger partial charge in [-0.1, -0.05) is 356 Å². The first-order valence-electron chi connectivity index (χ1n) is 39.6. The number of aliphatic hydroxyl groups excluding tert-OH is 9. The Kier molecular flexibility index (Phi) is 121. The average Bonchev–Trinajstić information content (AvgIpc) is 3.61. The molecule has 19 heteroatoms. The largest absolute Gasteiger partial charge is 0.481 e. The maximum Gasteiger partial charge on any atom is 0.303 e. The molecule has 0 bridgehead atoms. The van der Waals surface area contributed by atoms with Crippen LogP contribution >= 0.6 is 0 Å². The fraction of sp³-hybridized carbons (Fsp3) is 0.936. The van der Waals surface area contributed by atoms with Crippen LogP contribution in [-0.4, -0.2) is 159 Å². The van der Waals surface area contributed by atoms with Crippen molar-refractivity contribution in [1.82, 2.24) is 0 Å². The molecule has 0 saturated carbocycles. The number of rotatable bonds is 65. The Hall–Kier alpha value is -3.01. The van der Waals surface area contributed by atoms with Crippen molar-refractivity contribution in [3.63, 3.8) is 0 Å². The van der Waals surface area contributed by atoms with Crippen molar-refractivity contribution >= 4 is 29.8 Å². The Labute approximate surface area is 594 Å². The molecule has 0 spiro atoms. The Morgan fingerprint density at radius 2 is 0.278 bits per heavy atom. The molecule has 0 saturated heterocycles. The van der Waals surface area contributed by atoms with Crippen molar-refractivity contribution in [3.8, 4) is 0 Å². The van der Waals surface area contributed by atoms with Crippen LogP contribution in [0.15, 0.2) is 0 Å². The van der Waals surface area contributed by atoms with Crippen LogP contribution in [0.1, 0.15) is 413 Å². The summed E-state index contributed by atoms with van der Waals surface area (Å²) < 4.78 is 0. The molecule has 0 radical (unpaired) electrons. The van der Waals surface area contributed by atoms with Crippen LogP contribution in [0.3, 0.4) is 0 Å². The average molecular weight is 1400 g/mol. The highest BCUT2D eigenvalue weighted by Crippen LogP contribution is 2.17. The molecule has 0 aliphatic rings. The van der Waals surface area contributed by atoms with Gasteiger partial charge in [-0.15, -0.1) is 0 Å². The van der Waals surface area contributed by atoms with Crippen LogP contribution in [0.2, 0.25) is 0 Å². The van der Waals surface area contributed by atoms with Crippen LogP contribution < -0.4 is 0 Å². The van der Waals surface area contributed by atoms with Crippen molar-refractivity contribution in [2.75, 3.05) is 39.6 Å². The predicted octanol–water partition coefficient (Wildman–Crippen LogP) is 18.5. The highest BCUT2D eigenvalue weighted by molar-refractivity contribution is 5.67. The summed E-state index contributed by atoms with van der Waals surface area (Å²) in [6.07, 6.45) is 69.4. The first-order chi connectivity index (χ1) is 46.8. The molecular weight excluding hydrogens is 1240 g/mol. The Bertz CT molecular complexity index is 1300. The SMILES string of the molecule is CCC(=O)O.CCCCCCCCCCCC(=O)O.CCCCCCCCCCCCCCCCCC(=O)O.CCCCCCCCCCCCCCCCCC(=O)O.CCCCCCCCCCCCCCCCCC(=O)O.OCC(O)CO.OCC(O)CO.OCC(O)CO. The smallest absolute Gasteiger partial charge is 0.303 e. The Morgan fingerprint density at radius 3 is 0.340 bits per heavy atom. The van der Waals surface area contributed by atoms with Crippen molar-refractivity contribution in [1.29, 1.82) is 0 Å². The minimum absolute atomic E-state index is 0.222. The van der Waals surface area contributed by atoms with Crippen LogP contribution in [0, 0.1) is 0 Å². The van der Waals surface area contributed by atoms with E-state index in [0.29, 0.717) is 25.7 Å². The molecule has 0 heterocycles. The van der Waals surface area contributed by atoms with Crippen LogP contribution in [0.4, 0.5) is 0 Å². The van der Waals surface area contributed by atoms with E-state index in [4.69, 9.17) is 71.5 Å². The number of aliphatic hydroxyl groups is 9. The molecule has 0 atom stereocenters. The lowest BCUT2D eigenvalue weighted by molar-refractivity contribution is -0.138. The van der Waals surface area contributed by atoms with Crippen molar-refractivity contribution < 1.29 is 95.5 Å². The summed E-state index contributed by atoms with van der Waals surface area (Å²) in [5, 5.41) is 114. The Morgan fingerprint density at radius 1 is 0.186 bits per heavy atom. The van der Waals surface area contributed by atoms with Gasteiger partial charge in [-0.2, -0.15) is 0 Å². The van der Waals surface area contributed by atoms with Gasteiger partial charge in [0.2, 0.25) is 0 Å². The first kappa shape index (κ1) is 110. The number of hydrogen-bond donors (Lipinski definition) is 14. The van der Waals surface area contributed by atoms with E-state index in [0.717, 1.165) is 51.4 Å². The normalized spacial score (nSPS) is 10.4. The lowest BCUT2D eigenvalue weighted by atomic mass is 10.0. The third-order valence-electron chi connectivity index (χ3n) is 16.0. The lowest BCUT2D eigenvalue weighted by Crippen LogP contribution is -2.15. The van der Waals surface area contributed by atoms with Gasteiger partial charge in [-0.25, -0.2) is 0 Å². The fourth-order valence-corrected chi connectivity index (χ4v) is 9.70. The van der Waals surface area contributed by atoms with Gasteiger partial charge in [-0.05, 0) is 25.7 Å². The topological polar surface area (TPSA) is 369 Å². The first-order valence-corrected chi connectivity index (χ1v) is 39.6. The van der Waals surface area contributed by atoms with Crippen molar-refractivity contribution in [3.05, 3.63) is 0 Å². The zero-order chi connectivity index (χ0) is 74.6. The van der Waals surface area contributed by atoms with E-state index in [9.17, 15) is 24.0 Å². The van der Waals surface area contributed by atoms with Crippen molar-refractivity contribution in [2.45, 2.75) is 432 Å². The van der Waals surface area contributed by atoms with Gasteiger partial charge >= 0.3 is 29.8 Å². The molecule has 0 rings (SSSR count). The van der Waals surface area contributed by atoms with Crippen LogP contribution in [0.5, 0.6) is 0 Å². The van der Waals surface area contributed by atoms with Gasteiger partial charge in [0.25, 0.3) is 0 Å². The summed E-state index contributed by atoms with van der Waals surface area (Å²) in [4.78, 5) is 50.6. The van der Waals surface area contributed by atoms with E-state index < -0.39 is 48.2 Å². The molecule has 0 aliphatic heterocycles. The number of unbranched alkanes of at least 4 members (excludes halogenated alkanes) is 50. The van der Waals surface area contributed by atoms with E-state index in [-0.39, 0.29) is 46.1 Å². The van der Waals surface area contributed by atoms with E-state index in [1.807, 2.05) is 0 Å². The molecule has 0 unspecified atom stereocenters. The summed E-state index contributed by atoms with van der Waals surface area (Å²) in [6.45, 7) is 8.45. The summed E-state index contributed by atoms with van der Waals surface area (Å²) in [7, 11) is 0. The van der Waals surface area contributed by atoms with Gasteiger partial charge in [0.05, 0.1) is 39.6 Å². The second-order valence-electron chi connectivity index (χ2n) is 26.1. The Balaban J connectivity index is -0.000000164. The maximum atomic E-state index is 10.3. The number of hydrogen-bond acceptors (Lipinski definition) is 14. The second-order valence-corrected chi connectivity index (χ2v) is 26.1. The minimum Gasteiger partial charge on any atom is -0.481 e. The molecule has 0 aromatic rings. The third-order valence-corrected chi connectivity index (χ3v) is 16.0.